The lowest BCUT2D eigenvalue weighted by molar-refractivity contribution is -0.123. The molecule has 0 bridgehead atoms. The van der Waals surface area contributed by atoms with E-state index < -0.39 is 6.04 Å². The zero-order chi connectivity index (χ0) is 29.8. The molecule has 0 radical (unpaired) electrons. The standard InChI is InChI=1S/C35H41N5O3/c1-25-32(39-24-12-9-17-31(39)36-25)35(42)40(30-16-8-7-15-29(30)38-22-10-4-11-23-38)33(26-18-20-28(43-2)21-19-26)34(41)37-27-13-5-3-6-14-27/h7-9,12,15-21,24,27,33H,3-6,10-11,13-14,22-23H2,1-2H3,(H,37,41). The quantitative estimate of drug-likeness (QED) is 0.259. The minimum atomic E-state index is -0.903. The van der Waals surface area contributed by atoms with Crippen LogP contribution in [-0.2, 0) is 4.79 Å². The van der Waals surface area contributed by atoms with Crippen molar-refractivity contribution in [3.63, 3.8) is 0 Å². The largest absolute Gasteiger partial charge is 0.497 e. The summed E-state index contributed by atoms with van der Waals surface area (Å²) < 4.78 is 7.28. The van der Waals surface area contributed by atoms with Gasteiger partial charge in [0.2, 0.25) is 5.91 Å². The Labute approximate surface area is 253 Å². The van der Waals surface area contributed by atoms with Crippen LogP contribution in [0.3, 0.4) is 0 Å². The number of aromatic nitrogens is 2. The first-order valence-corrected chi connectivity index (χ1v) is 15.6. The fourth-order valence-electron chi connectivity index (χ4n) is 6.65. The van der Waals surface area contributed by atoms with Crippen LogP contribution in [0, 0.1) is 6.92 Å². The molecule has 1 aliphatic carbocycles. The van der Waals surface area contributed by atoms with Crippen LogP contribution in [0.2, 0.25) is 0 Å². The number of carbonyl (C=O) groups is 2. The van der Waals surface area contributed by atoms with E-state index in [-0.39, 0.29) is 17.9 Å². The van der Waals surface area contributed by atoms with Crippen molar-refractivity contribution in [3.05, 3.63) is 89.9 Å². The number of pyridine rings is 1. The van der Waals surface area contributed by atoms with E-state index in [4.69, 9.17) is 9.72 Å². The first kappa shape index (κ1) is 28.8. The molecule has 1 atom stereocenters. The maximum atomic E-state index is 15.1. The van der Waals surface area contributed by atoms with Gasteiger partial charge < -0.3 is 15.0 Å². The Morgan fingerprint density at radius 3 is 2.35 bits per heavy atom. The lowest BCUT2D eigenvalue weighted by atomic mass is 9.94. The fraction of sp³-hybridized carbons (Fsp3) is 0.400. The number of hydrogen-bond donors (Lipinski definition) is 1. The molecule has 43 heavy (non-hydrogen) atoms. The van der Waals surface area contributed by atoms with Crippen LogP contribution in [0.25, 0.3) is 5.65 Å². The molecule has 1 unspecified atom stereocenters. The highest BCUT2D eigenvalue weighted by molar-refractivity contribution is 6.11. The van der Waals surface area contributed by atoms with Crippen molar-refractivity contribution in [2.24, 2.45) is 0 Å². The number of piperidine rings is 1. The van der Waals surface area contributed by atoms with E-state index in [2.05, 4.69) is 16.3 Å². The topological polar surface area (TPSA) is 79.2 Å². The summed E-state index contributed by atoms with van der Waals surface area (Å²) in [6.07, 6.45) is 10.5. The van der Waals surface area contributed by atoms with E-state index in [0.717, 1.165) is 68.6 Å². The van der Waals surface area contributed by atoms with Gasteiger partial charge in [-0.05, 0) is 81.0 Å². The molecule has 3 heterocycles. The zero-order valence-electron chi connectivity index (χ0n) is 25.2. The number of amides is 2. The molecule has 6 rings (SSSR count). The summed E-state index contributed by atoms with van der Waals surface area (Å²) in [6, 6.07) is 20.4. The van der Waals surface area contributed by atoms with Crippen molar-refractivity contribution in [2.75, 3.05) is 30.0 Å². The van der Waals surface area contributed by atoms with E-state index in [0.29, 0.717) is 22.8 Å². The highest BCUT2D eigenvalue weighted by Crippen LogP contribution is 2.39. The monoisotopic (exact) mass is 579 g/mol. The van der Waals surface area contributed by atoms with Crippen LogP contribution in [0.5, 0.6) is 5.75 Å². The maximum absolute atomic E-state index is 15.1. The first-order chi connectivity index (χ1) is 21.0. The molecule has 2 amide bonds. The smallest absolute Gasteiger partial charge is 0.278 e. The lowest BCUT2D eigenvalue weighted by Crippen LogP contribution is -2.48. The number of benzene rings is 2. The molecule has 8 heteroatoms. The van der Waals surface area contributed by atoms with E-state index in [1.54, 1.807) is 12.0 Å². The van der Waals surface area contributed by atoms with E-state index >= 15 is 4.79 Å². The Kier molecular flexibility index (Phi) is 8.63. The third kappa shape index (κ3) is 5.96. The van der Waals surface area contributed by atoms with E-state index in [1.807, 2.05) is 78.2 Å². The second kappa shape index (κ2) is 12.9. The van der Waals surface area contributed by atoms with Crippen LogP contribution in [0.15, 0.2) is 72.9 Å². The highest BCUT2D eigenvalue weighted by Gasteiger charge is 2.38. The van der Waals surface area contributed by atoms with Gasteiger partial charge >= 0.3 is 0 Å². The van der Waals surface area contributed by atoms with Gasteiger partial charge in [-0.2, -0.15) is 0 Å². The number of carbonyl (C=O) groups excluding carboxylic acids is 2. The summed E-state index contributed by atoms with van der Waals surface area (Å²) in [5.41, 5.74) is 4.18. The number of nitrogens with zero attached hydrogens (tertiary/aromatic N) is 4. The van der Waals surface area contributed by atoms with Gasteiger partial charge in [-0.25, -0.2) is 4.98 Å². The van der Waals surface area contributed by atoms with Gasteiger partial charge in [0.05, 0.1) is 24.2 Å². The van der Waals surface area contributed by atoms with Gasteiger partial charge in [-0.1, -0.05) is 49.6 Å². The summed E-state index contributed by atoms with van der Waals surface area (Å²) in [5, 5.41) is 3.35. The third-order valence-corrected chi connectivity index (χ3v) is 8.85. The van der Waals surface area contributed by atoms with Gasteiger partial charge in [-0.15, -0.1) is 0 Å². The Bertz CT molecular complexity index is 1570. The van der Waals surface area contributed by atoms with Gasteiger partial charge in [-0.3, -0.25) is 18.9 Å². The SMILES string of the molecule is COc1ccc(C(C(=O)NC2CCCCC2)N(C(=O)c2c(C)nc3ccccn23)c2ccccc2N2CCCCC2)cc1. The number of ether oxygens (including phenoxy) is 1. The third-order valence-electron chi connectivity index (χ3n) is 8.85. The van der Waals surface area contributed by atoms with Crippen molar-refractivity contribution in [2.45, 2.75) is 70.4 Å². The minimum Gasteiger partial charge on any atom is -0.497 e. The molecule has 1 aliphatic heterocycles. The fourth-order valence-corrected chi connectivity index (χ4v) is 6.65. The number of fused-ring (bicyclic) bond motifs is 1. The van der Waals surface area contributed by atoms with Crippen LogP contribution in [0.4, 0.5) is 11.4 Å². The van der Waals surface area contributed by atoms with Crippen molar-refractivity contribution >= 4 is 28.8 Å². The molecule has 2 aromatic heterocycles. The highest BCUT2D eigenvalue weighted by atomic mass is 16.5. The number of anilines is 2. The molecular formula is C35H41N5O3. The molecule has 1 N–H and O–H groups in total. The van der Waals surface area contributed by atoms with Gasteiger partial charge in [0.25, 0.3) is 5.91 Å². The number of imidazole rings is 1. The molecule has 1 saturated carbocycles. The van der Waals surface area contributed by atoms with Crippen LogP contribution in [0.1, 0.15) is 79.2 Å². The Hall–Kier alpha value is -4.33. The average molecular weight is 580 g/mol. The number of hydrogen-bond acceptors (Lipinski definition) is 5. The van der Waals surface area contributed by atoms with E-state index in [9.17, 15) is 4.79 Å². The van der Waals surface area contributed by atoms with E-state index in [1.165, 1.54) is 12.8 Å². The Morgan fingerprint density at radius 2 is 1.60 bits per heavy atom. The van der Waals surface area contributed by atoms with Crippen LogP contribution in [-0.4, -0.2) is 47.4 Å². The van der Waals surface area contributed by atoms with Gasteiger partial charge in [0.15, 0.2) is 0 Å². The summed E-state index contributed by atoms with van der Waals surface area (Å²) in [6.45, 7) is 3.68. The van der Waals surface area contributed by atoms with Crippen molar-refractivity contribution in [1.29, 1.82) is 0 Å². The average Bonchev–Trinajstić information content (AvgIpc) is 3.40. The summed E-state index contributed by atoms with van der Waals surface area (Å²) >= 11 is 0. The first-order valence-electron chi connectivity index (χ1n) is 15.6. The lowest BCUT2D eigenvalue weighted by Gasteiger charge is -2.37. The molecule has 2 aliphatic rings. The van der Waals surface area contributed by atoms with Crippen molar-refractivity contribution < 1.29 is 14.3 Å². The number of methoxy groups -OCH3 is 1. The molecule has 1 saturated heterocycles. The van der Waals surface area contributed by atoms with Gasteiger partial charge in [0, 0.05) is 25.3 Å². The van der Waals surface area contributed by atoms with Crippen LogP contribution < -0.4 is 19.9 Å². The molecule has 0 spiro atoms. The normalized spacial score (nSPS) is 16.6. The molecular weight excluding hydrogens is 538 g/mol. The van der Waals surface area contributed by atoms with Crippen molar-refractivity contribution in [1.82, 2.24) is 14.7 Å². The molecule has 8 nitrogen and oxygen atoms in total. The minimum absolute atomic E-state index is 0.0915. The Morgan fingerprint density at radius 1 is 0.907 bits per heavy atom. The number of rotatable bonds is 8. The molecule has 2 aromatic carbocycles. The predicted molar refractivity (Wildman–Crippen MR) is 170 cm³/mol. The Balaban J connectivity index is 1.53. The second-order valence-electron chi connectivity index (χ2n) is 11.7. The number of nitrogens with one attached hydrogen (secondary N) is 1. The second-order valence-corrected chi connectivity index (χ2v) is 11.7. The summed E-state index contributed by atoms with van der Waals surface area (Å²) in [4.78, 5) is 38.3. The zero-order valence-corrected chi connectivity index (χ0v) is 25.2. The number of para-hydroxylation sites is 2. The van der Waals surface area contributed by atoms with Crippen molar-refractivity contribution in [3.8, 4) is 5.75 Å². The van der Waals surface area contributed by atoms with Crippen LogP contribution >= 0.6 is 0 Å². The molecule has 4 aromatic rings. The number of aryl methyl sites for hydroxylation is 1. The summed E-state index contributed by atoms with van der Waals surface area (Å²) in [5.74, 6) is 0.255. The molecule has 2 fully saturated rings. The maximum Gasteiger partial charge on any atom is 0.278 e. The summed E-state index contributed by atoms with van der Waals surface area (Å²) in [7, 11) is 1.63. The predicted octanol–water partition coefficient (Wildman–Crippen LogP) is 6.48. The molecule has 224 valence electrons. The van der Waals surface area contributed by atoms with Gasteiger partial charge in [0.1, 0.15) is 23.1 Å².